The van der Waals surface area contributed by atoms with Gasteiger partial charge in [0.15, 0.2) is 0 Å². The predicted octanol–water partition coefficient (Wildman–Crippen LogP) is 4.03. The van der Waals surface area contributed by atoms with Crippen molar-refractivity contribution < 1.29 is 5.11 Å². The van der Waals surface area contributed by atoms with Crippen molar-refractivity contribution in [3.63, 3.8) is 0 Å². The van der Waals surface area contributed by atoms with E-state index in [4.69, 9.17) is 0 Å². The zero-order valence-electron chi connectivity index (χ0n) is 13.9. The van der Waals surface area contributed by atoms with Crippen molar-refractivity contribution in [1.82, 2.24) is 4.90 Å². The van der Waals surface area contributed by atoms with Crippen molar-refractivity contribution in [2.45, 2.75) is 46.4 Å². The molecule has 0 amide bonds. The highest BCUT2D eigenvalue weighted by Gasteiger charge is 2.35. The van der Waals surface area contributed by atoms with Gasteiger partial charge in [-0.15, -0.1) is 0 Å². The summed E-state index contributed by atoms with van der Waals surface area (Å²) in [6.45, 7) is 9.65. The Morgan fingerprint density at radius 2 is 1.41 bits per heavy atom. The Kier molecular flexibility index (Phi) is 4.07. The van der Waals surface area contributed by atoms with Crippen LogP contribution in [0.1, 0.15) is 45.8 Å². The highest BCUT2D eigenvalue weighted by Crippen LogP contribution is 2.38. The fraction of sp³-hybridized carbons (Fsp3) is 0.400. The summed E-state index contributed by atoms with van der Waals surface area (Å²) in [5.41, 5.74) is 7.89. The second kappa shape index (κ2) is 5.86. The molecule has 1 fully saturated rings. The van der Waals surface area contributed by atoms with Crippen molar-refractivity contribution in [3.8, 4) is 0 Å². The molecule has 0 aliphatic carbocycles. The number of aliphatic hydroxyl groups is 1. The van der Waals surface area contributed by atoms with Gasteiger partial charge in [0, 0.05) is 6.54 Å². The summed E-state index contributed by atoms with van der Waals surface area (Å²) in [6.07, 6.45) is 0.538. The SMILES string of the molecule is Cc1cccc(C(c2cccc(C)c2C)N2CCC2O)c1C. The molecular formula is C20H25NO. The number of aliphatic hydroxyl groups excluding tert-OH is 1. The number of hydrogen-bond acceptors (Lipinski definition) is 2. The average molecular weight is 295 g/mol. The first kappa shape index (κ1) is 15.3. The standard InChI is InChI=1S/C20H25NO/c1-13-7-5-9-17(15(13)3)20(21-12-11-19(21)22)18-10-6-8-14(2)16(18)4/h5-10,19-20,22H,11-12H2,1-4H3. The molecule has 3 rings (SSSR count). The number of likely N-dealkylation sites (tertiary alicyclic amines) is 1. The summed E-state index contributed by atoms with van der Waals surface area (Å²) < 4.78 is 0. The van der Waals surface area contributed by atoms with Crippen LogP contribution in [0.5, 0.6) is 0 Å². The highest BCUT2D eigenvalue weighted by molar-refractivity contribution is 5.45. The largest absolute Gasteiger partial charge is 0.378 e. The minimum absolute atomic E-state index is 0.142. The third-order valence-electron chi connectivity index (χ3n) is 5.24. The van der Waals surface area contributed by atoms with Crippen molar-refractivity contribution in [2.75, 3.05) is 6.54 Å². The van der Waals surface area contributed by atoms with Crippen molar-refractivity contribution in [1.29, 1.82) is 0 Å². The summed E-state index contributed by atoms with van der Waals surface area (Å²) in [6, 6.07) is 13.1. The zero-order chi connectivity index (χ0) is 15.9. The van der Waals surface area contributed by atoms with E-state index in [-0.39, 0.29) is 12.3 Å². The van der Waals surface area contributed by atoms with Crippen LogP contribution in [0.15, 0.2) is 36.4 Å². The van der Waals surface area contributed by atoms with Gasteiger partial charge < -0.3 is 5.11 Å². The summed E-state index contributed by atoms with van der Waals surface area (Å²) in [5, 5.41) is 10.2. The quantitative estimate of drug-likeness (QED) is 0.924. The molecule has 116 valence electrons. The number of rotatable bonds is 3. The lowest BCUT2D eigenvalue weighted by Crippen LogP contribution is -2.50. The molecule has 0 bridgehead atoms. The Labute approximate surface area is 133 Å². The van der Waals surface area contributed by atoms with Crippen LogP contribution in [0.4, 0.5) is 0 Å². The Balaban J connectivity index is 2.16. The summed E-state index contributed by atoms with van der Waals surface area (Å²) >= 11 is 0. The van der Waals surface area contributed by atoms with Crippen molar-refractivity contribution in [2.24, 2.45) is 0 Å². The third-order valence-corrected chi connectivity index (χ3v) is 5.24. The van der Waals surface area contributed by atoms with E-state index < -0.39 is 0 Å². The maximum atomic E-state index is 10.2. The van der Waals surface area contributed by atoms with Gasteiger partial charge in [0.05, 0.1) is 6.04 Å². The molecule has 1 aliphatic heterocycles. The molecule has 2 aromatic carbocycles. The summed E-state index contributed by atoms with van der Waals surface area (Å²) in [5.74, 6) is 0. The Morgan fingerprint density at radius 3 is 1.77 bits per heavy atom. The van der Waals surface area contributed by atoms with Crippen molar-refractivity contribution in [3.05, 3.63) is 69.8 Å². The van der Waals surface area contributed by atoms with E-state index in [1.54, 1.807) is 0 Å². The van der Waals surface area contributed by atoms with Crippen molar-refractivity contribution >= 4 is 0 Å². The number of hydrogen-bond donors (Lipinski definition) is 1. The molecule has 22 heavy (non-hydrogen) atoms. The van der Waals surface area contributed by atoms with Crippen LogP contribution in [-0.4, -0.2) is 22.8 Å². The van der Waals surface area contributed by atoms with Crippen LogP contribution in [0.2, 0.25) is 0 Å². The topological polar surface area (TPSA) is 23.5 Å². The molecule has 0 aromatic heterocycles. The second-order valence-electron chi connectivity index (χ2n) is 6.49. The number of benzene rings is 2. The first-order valence-electron chi connectivity index (χ1n) is 8.06. The molecule has 2 heteroatoms. The van der Waals surface area contributed by atoms with E-state index in [9.17, 15) is 5.11 Å². The molecule has 1 atom stereocenters. The second-order valence-corrected chi connectivity index (χ2v) is 6.49. The minimum Gasteiger partial charge on any atom is -0.378 e. The van der Waals surface area contributed by atoms with Gasteiger partial charge in [-0.2, -0.15) is 0 Å². The van der Waals surface area contributed by atoms with E-state index in [2.05, 4.69) is 69.0 Å². The van der Waals surface area contributed by atoms with Crippen LogP contribution < -0.4 is 0 Å². The maximum Gasteiger partial charge on any atom is 0.109 e. The van der Waals surface area contributed by atoms with Crippen LogP contribution in [0, 0.1) is 27.7 Å². The minimum atomic E-state index is -0.329. The molecule has 2 aromatic rings. The molecule has 0 saturated carbocycles. The zero-order valence-corrected chi connectivity index (χ0v) is 13.9. The molecule has 1 saturated heterocycles. The van der Waals surface area contributed by atoms with Gasteiger partial charge in [-0.1, -0.05) is 36.4 Å². The normalized spacial score (nSPS) is 18.5. The fourth-order valence-electron chi connectivity index (χ4n) is 3.36. The Bertz CT molecular complexity index is 641. The Morgan fingerprint density at radius 1 is 0.909 bits per heavy atom. The van der Waals surface area contributed by atoms with Crippen LogP contribution in [-0.2, 0) is 0 Å². The smallest absolute Gasteiger partial charge is 0.109 e. The lowest BCUT2D eigenvalue weighted by Gasteiger charge is -2.44. The molecular weight excluding hydrogens is 270 g/mol. The molecule has 1 N–H and O–H groups in total. The van der Waals surface area contributed by atoms with E-state index in [1.807, 2.05) is 0 Å². The highest BCUT2D eigenvalue weighted by atomic mass is 16.3. The van der Waals surface area contributed by atoms with E-state index in [0.29, 0.717) is 0 Å². The molecule has 1 unspecified atom stereocenters. The van der Waals surface area contributed by atoms with Crippen LogP contribution in [0.3, 0.4) is 0 Å². The maximum absolute atomic E-state index is 10.2. The van der Waals surface area contributed by atoms with Crippen LogP contribution in [0.25, 0.3) is 0 Å². The first-order chi connectivity index (χ1) is 10.5. The summed E-state index contributed by atoms with van der Waals surface area (Å²) in [7, 11) is 0. The third kappa shape index (κ3) is 2.47. The number of aryl methyl sites for hydroxylation is 2. The van der Waals surface area contributed by atoms with Gasteiger partial charge in [0.1, 0.15) is 6.23 Å². The van der Waals surface area contributed by atoms with Gasteiger partial charge in [-0.25, -0.2) is 0 Å². The molecule has 1 heterocycles. The van der Waals surface area contributed by atoms with Crippen LogP contribution >= 0.6 is 0 Å². The number of nitrogens with zero attached hydrogens (tertiary/aromatic N) is 1. The predicted molar refractivity (Wildman–Crippen MR) is 91.0 cm³/mol. The van der Waals surface area contributed by atoms with Gasteiger partial charge in [-0.3, -0.25) is 4.90 Å². The van der Waals surface area contributed by atoms with Gasteiger partial charge in [-0.05, 0) is 67.5 Å². The van der Waals surface area contributed by atoms with Gasteiger partial charge >= 0.3 is 0 Å². The lowest BCUT2D eigenvalue weighted by atomic mass is 9.86. The molecule has 2 nitrogen and oxygen atoms in total. The van der Waals surface area contributed by atoms with E-state index in [1.165, 1.54) is 33.4 Å². The van der Waals surface area contributed by atoms with E-state index >= 15 is 0 Å². The molecule has 0 radical (unpaired) electrons. The monoisotopic (exact) mass is 295 g/mol. The van der Waals surface area contributed by atoms with E-state index in [0.717, 1.165) is 13.0 Å². The molecule has 0 spiro atoms. The van der Waals surface area contributed by atoms with Gasteiger partial charge in [0.2, 0.25) is 0 Å². The fourth-order valence-corrected chi connectivity index (χ4v) is 3.36. The molecule has 1 aliphatic rings. The summed E-state index contributed by atoms with van der Waals surface area (Å²) in [4.78, 5) is 2.21. The Hall–Kier alpha value is -1.64. The first-order valence-corrected chi connectivity index (χ1v) is 8.06. The average Bonchev–Trinajstić information content (AvgIpc) is 2.49. The van der Waals surface area contributed by atoms with Gasteiger partial charge in [0.25, 0.3) is 0 Å². The lowest BCUT2D eigenvalue weighted by molar-refractivity contribution is -0.0924.